The fourth-order valence-electron chi connectivity index (χ4n) is 0.744. The molecule has 0 unspecified atom stereocenters. The number of benzene rings is 1. The molecule has 1 aromatic carbocycles. The Morgan fingerprint density at radius 2 is 2.00 bits per heavy atom. The number of aromatic nitrogens is 4. The predicted molar refractivity (Wildman–Crippen MR) is 41.5 cm³/mol. The molecule has 0 atom stereocenters. The second-order valence-corrected chi connectivity index (χ2v) is 2.18. The summed E-state index contributed by atoms with van der Waals surface area (Å²) in [6.45, 7) is 0. The van der Waals surface area contributed by atoms with Crippen LogP contribution in [0.5, 0.6) is 5.75 Å². The van der Waals surface area contributed by atoms with Crippen molar-refractivity contribution < 1.29 is 9.88 Å². The molecule has 0 saturated heterocycles. The number of para-hydroxylation sites is 1. The molecule has 0 aliphatic heterocycles. The van der Waals surface area contributed by atoms with Crippen LogP contribution >= 0.6 is 0 Å². The van der Waals surface area contributed by atoms with E-state index in [0.29, 0.717) is 5.75 Å². The van der Waals surface area contributed by atoms with Gasteiger partial charge in [-0.15, -0.1) is 5.10 Å². The molecule has 0 saturated carbocycles. The van der Waals surface area contributed by atoms with Gasteiger partial charge >= 0.3 is 0 Å². The molecule has 6 nitrogen and oxygen atoms in total. The molecule has 0 radical (unpaired) electrons. The Morgan fingerprint density at radius 1 is 1.15 bits per heavy atom. The van der Waals surface area contributed by atoms with E-state index in [2.05, 4.69) is 15.5 Å². The summed E-state index contributed by atoms with van der Waals surface area (Å²) in [5, 5.41) is 10.2. The molecular formula is C7H6N4O2. The lowest BCUT2D eigenvalue weighted by molar-refractivity contribution is -0.221. The smallest absolute Gasteiger partial charge is 0.184 e. The highest BCUT2D eigenvalue weighted by Gasteiger charge is 1.94. The minimum Gasteiger partial charge on any atom is -0.267 e. The molecule has 13 heavy (non-hydrogen) atoms. The van der Waals surface area contributed by atoms with Gasteiger partial charge in [0.05, 0.1) is 0 Å². The van der Waals surface area contributed by atoms with Crippen LogP contribution in [0.3, 0.4) is 0 Å². The van der Waals surface area contributed by atoms with E-state index >= 15 is 0 Å². The van der Waals surface area contributed by atoms with Crippen molar-refractivity contribution in [3.63, 3.8) is 0 Å². The third-order valence-electron chi connectivity index (χ3n) is 1.28. The summed E-state index contributed by atoms with van der Waals surface area (Å²) in [4.78, 5) is 10.6. The molecule has 1 aromatic heterocycles. The maximum atomic E-state index is 4.87. The van der Waals surface area contributed by atoms with Crippen LogP contribution in [0.2, 0.25) is 0 Å². The molecule has 0 aliphatic rings. The minimum atomic E-state index is 0.581. The largest absolute Gasteiger partial charge is 0.267 e. The quantitative estimate of drug-likeness (QED) is 0.492. The molecule has 6 heteroatoms. The Labute approximate surface area is 73.6 Å². The van der Waals surface area contributed by atoms with E-state index in [-0.39, 0.29) is 0 Å². The third kappa shape index (κ3) is 1.92. The van der Waals surface area contributed by atoms with Crippen LogP contribution in [0.15, 0.2) is 36.7 Å². The summed E-state index contributed by atoms with van der Waals surface area (Å²) >= 11 is 0. The van der Waals surface area contributed by atoms with Crippen LogP contribution in [0.25, 0.3) is 0 Å². The SMILES string of the molecule is c1ccc(OOn2cnnn2)cc1. The highest BCUT2D eigenvalue weighted by atomic mass is 17.3. The summed E-state index contributed by atoms with van der Waals surface area (Å²) in [7, 11) is 0. The van der Waals surface area contributed by atoms with Gasteiger partial charge in [-0.3, -0.25) is 4.89 Å². The summed E-state index contributed by atoms with van der Waals surface area (Å²) in [5.41, 5.74) is 0. The zero-order valence-corrected chi connectivity index (χ0v) is 6.57. The van der Waals surface area contributed by atoms with Crippen molar-refractivity contribution in [3.05, 3.63) is 36.7 Å². The molecule has 0 fully saturated rings. The first-order chi connectivity index (χ1) is 6.45. The Kier molecular flexibility index (Phi) is 2.04. The van der Waals surface area contributed by atoms with E-state index in [1.807, 2.05) is 18.2 Å². The van der Waals surface area contributed by atoms with Crippen molar-refractivity contribution in [3.8, 4) is 5.75 Å². The first-order valence-corrected chi connectivity index (χ1v) is 3.58. The number of nitrogens with zero attached hydrogens (tertiary/aromatic N) is 4. The van der Waals surface area contributed by atoms with E-state index in [0.717, 1.165) is 4.85 Å². The fraction of sp³-hybridized carbons (Fsp3) is 0. The normalized spacial score (nSPS) is 9.54. The highest BCUT2D eigenvalue weighted by Crippen LogP contribution is 2.06. The van der Waals surface area contributed by atoms with Crippen molar-refractivity contribution in [2.75, 3.05) is 0 Å². The monoisotopic (exact) mass is 178 g/mol. The van der Waals surface area contributed by atoms with E-state index in [4.69, 9.17) is 9.88 Å². The van der Waals surface area contributed by atoms with Gasteiger partial charge < -0.3 is 0 Å². The number of rotatable bonds is 3. The van der Waals surface area contributed by atoms with Crippen LogP contribution in [-0.4, -0.2) is 20.4 Å². The van der Waals surface area contributed by atoms with Crippen molar-refractivity contribution >= 4 is 0 Å². The van der Waals surface area contributed by atoms with Crippen LogP contribution in [0.1, 0.15) is 0 Å². The van der Waals surface area contributed by atoms with Gasteiger partial charge in [0, 0.05) is 0 Å². The van der Waals surface area contributed by atoms with E-state index < -0.39 is 0 Å². The summed E-state index contributed by atoms with van der Waals surface area (Å²) in [5.74, 6) is 0.581. The van der Waals surface area contributed by atoms with Gasteiger partial charge in [0.25, 0.3) is 0 Å². The molecule has 0 spiro atoms. The zero-order valence-electron chi connectivity index (χ0n) is 6.57. The van der Waals surface area contributed by atoms with E-state index in [1.54, 1.807) is 12.1 Å². The lowest BCUT2D eigenvalue weighted by Gasteiger charge is -2.00. The van der Waals surface area contributed by atoms with E-state index in [9.17, 15) is 0 Å². The van der Waals surface area contributed by atoms with Gasteiger partial charge in [0.2, 0.25) is 0 Å². The Morgan fingerprint density at radius 3 is 2.69 bits per heavy atom. The molecule has 1 heterocycles. The summed E-state index contributed by atoms with van der Waals surface area (Å²) in [6.07, 6.45) is 1.28. The number of hydrogen-bond donors (Lipinski definition) is 0. The minimum absolute atomic E-state index is 0.581. The van der Waals surface area contributed by atoms with Crippen LogP contribution in [0.4, 0.5) is 0 Å². The van der Waals surface area contributed by atoms with Gasteiger partial charge in [-0.05, 0) is 27.4 Å². The highest BCUT2D eigenvalue weighted by molar-refractivity contribution is 5.20. The maximum absolute atomic E-state index is 4.87. The lowest BCUT2D eigenvalue weighted by Crippen LogP contribution is -2.15. The topological polar surface area (TPSA) is 62.1 Å². The van der Waals surface area contributed by atoms with Gasteiger partial charge in [-0.25, -0.2) is 0 Å². The average molecular weight is 178 g/mol. The Bertz CT molecular complexity index is 348. The van der Waals surface area contributed by atoms with Gasteiger partial charge in [0.15, 0.2) is 12.1 Å². The second kappa shape index (κ2) is 3.53. The van der Waals surface area contributed by atoms with Crippen molar-refractivity contribution in [1.29, 1.82) is 0 Å². The first-order valence-electron chi connectivity index (χ1n) is 3.58. The zero-order chi connectivity index (χ0) is 8.93. The van der Waals surface area contributed by atoms with Crippen molar-refractivity contribution in [2.45, 2.75) is 0 Å². The van der Waals surface area contributed by atoms with Gasteiger partial charge in [-0.2, -0.15) is 4.99 Å². The summed E-state index contributed by atoms with van der Waals surface area (Å²) in [6, 6.07) is 9.05. The van der Waals surface area contributed by atoms with Crippen LogP contribution in [0, 0.1) is 0 Å². The van der Waals surface area contributed by atoms with Gasteiger partial charge in [0.1, 0.15) is 0 Å². The molecule has 66 valence electrons. The second-order valence-electron chi connectivity index (χ2n) is 2.18. The van der Waals surface area contributed by atoms with Crippen LogP contribution < -0.4 is 9.88 Å². The fourth-order valence-corrected chi connectivity index (χ4v) is 0.744. The molecule has 2 rings (SSSR count). The van der Waals surface area contributed by atoms with Crippen molar-refractivity contribution in [1.82, 2.24) is 20.4 Å². The summed E-state index contributed by atoms with van der Waals surface area (Å²) < 4.78 is 0. The number of hydrogen-bond acceptors (Lipinski definition) is 5. The average Bonchev–Trinajstić information content (AvgIpc) is 2.69. The van der Waals surface area contributed by atoms with Crippen molar-refractivity contribution in [2.24, 2.45) is 0 Å². The van der Waals surface area contributed by atoms with Crippen LogP contribution in [-0.2, 0) is 0 Å². The molecule has 0 amide bonds. The Balaban J connectivity index is 1.94. The standard InChI is InChI=1S/C7H6N4O2/c1-2-4-7(5-3-1)12-13-11-6-8-9-10-11/h1-6H. The first kappa shape index (κ1) is 7.53. The predicted octanol–water partition coefficient (Wildman–Crippen LogP) is 0.0957. The maximum Gasteiger partial charge on any atom is 0.184 e. The lowest BCUT2D eigenvalue weighted by atomic mass is 10.3. The van der Waals surface area contributed by atoms with E-state index in [1.165, 1.54) is 6.33 Å². The third-order valence-corrected chi connectivity index (χ3v) is 1.28. The van der Waals surface area contributed by atoms with Gasteiger partial charge in [-0.1, -0.05) is 18.2 Å². The molecule has 0 bridgehead atoms. The Hall–Kier alpha value is -2.11. The molecule has 0 aliphatic carbocycles. The molecule has 2 aromatic rings. The molecular weight excluding hydrogens is 172 g/mol. The number of tetrazole rings is 1. The molecule has 0 N–H and O–H groups in total.